The van der Waals surface area contributed by atoms with Crippen LogP contribution in [0.2, 0.25) is 0 Å². The summed E-state index contributed by atoms with van der Waals surface area (Å²) in [5, 5.41) is 8.30. The summed E-state index contributed by atoms with van der Waals surface area (Å²) in [4.78, 5) is 11.5. The van der Waals surface area contributed by atoms with Crippen molar-refractivity contribution in [3.8, 4) is 6.07 Å². The van der Waals surface area contributed by atoms with Crippen LogP contribution in [0.15, 0.2) is 24.3 Å². The molecule has 0 aliphatic heterocycles. The Kier molecular flexibility index (Phi) is 4.49. The highest BCUT2D eigenvalue weighted by molar-refractivity contribution is 5.95. The fraction of sp³-hybridized carbons (Fsp3) is 0.333. The molecule has 0 aliphatic rings. The molecule has 0 fully saturated rings. The summed E-state index contributed by atoms with van der Waals surface area (Å²) in [7, 11) is 0. The van der Waals surface area contributed by atoms with Crippen molar-refractivity contribution < 1.29 is 9.18 Å². The van der Waals surface area contributed by atoms with Crippen molar-refractivity contribution >= 4 is 5.78 Å². The van der Waals surface area contributed by atoms with Crippen molar-refractivity contribution in [3.63, 3.8) is 0 Å². The molecule has 78 valence electrons. The van der Waals surface area contributed by atoms with Gasteiger partial charge >= 0.3 is 0 Å². The zero-order valence-electron chi connectivity index (χ0n) is 8.37. The zero-order valence-corrected chi connectivity index (χ0v) is 8.37. The summed E-state index contributed by atoms with van der Waals surface area (Å²) in [6.07, 6.45) is 2.36. The maximum atomic E-state index is 12.6. The Bertz CT molecular complexity index is 364. The van der Waals surface area contributed by atoms with Crippen LogP contribution in [0.4, 0.5) is 4.39 Å². The van der Waals surface area contributed by atoms with Gasteiger partial charge in [-0.05, 0) is 37.1 Å². The summed E-state index contributed by atoms with van der Waals surface area (Å²) >= 11 is 0. The first-order valence-corrected chi connectivity index (χ1v) is 4.90. The Labute approximate surface area is 88.3 Å². The highest BCUT2D eigenvalue weighted by Crippen LogP contribution is 2.09. The molecule has 1 aromatic carbocycles. The van der Waals surface area contributed by atoms with Crippen LogP contribution in [0.5, 0.6) is 0 Å². The zero-order chi connectivity index (χ0) is 11.1. The van der Waals surface area contributed by atoms with Gasteiger partial charge < -0.3 is 0 Å². The van der Waals surface area contributed by atoms with Crippen LogP contribution in [-0.4, -0.2) is 5.78 Å². The number of carbonyl (C=O) groups excluding carboxylic acids is 1. The number of nitriles is 1. The number of hydrogen-bond acceptors (Lipinski definition) is 2. The minimum atomic E-state index is -0.337. The van der Waals surface area contributed by atoms with Crippen LogP contribution >= 0.6 is 0 Å². The van der Waals surface area contributed by atoms with Gasteiger partial charge in [0.25, 0.3) is 0 Å². The summed E-state index contributed by atoms with van der Waals surface area (Å²) in [5.74, 6) is -0.330. The van der Waals surface area contributed by atoms with E-state index >= 15 is 0 Å². The number of Topliss-reactive ketones (excluding diaryl/α,β-unsaturated/α-hetero) is 1. The Balaban J connectivity index is 2.41. The predicted molar refractivity (Wildman–Crippen MR) is 54.8 cm³/mol. The summed E-state index contributed by atoms with van der Waals surface area (Å²) in [5.41, 5.74) is 0.536. The van der Waals surface area contributed by atoms with Crippen molar-refractivity contribution in [3.05, 3.63) is 35.6 Å². The van der Waals surface area contributed by atoms with Crippen molar-refractivity contribution in [2.45, 2.75) is 25.7 Å². The van der Waals surface area contributed by atoms with Crippen LogP contribution in [0.25, 0.3) is 0 Å². The lowest BCUT2D eigenvalue weighted by Crippen LogP contribution is -1.98. The van der Waals surface area contributed by atoms with Gasteiger partial charge in [-0.3, -0.25) is 4.79 Å². The van der Waals surface area contributed by atoms with Crippen LogP contribution in [0.3, 0.4) is 0 Å². The normalized spacial score (nSPS) is 9.60. The number of unbranched alkanes of at least 4 members (excludes halogenated alkanes) is 2. The molecular formula is C12H12FNO. The molecule has 15 heavy (non-hydrogen) atoms. The van der Waals surface area contributed by atoms with E-state index in [0.717, 1.165) is 6.42 Å². The molecular weight excluding hydrogens is 193 g/mol. The van der Waals surface area contributed by atoms with E-state index in [2.05, 4.69) is 0 Å². The molecule has 1 aromatic rings. The highest BCUT2D eigenvalue weighted by Gasteiger charge is 2.04. The number of nitrogens with zero attached hydrogens (tertiary/aromatic N) is 1. The molecule has 0 spiro atoms. The van der Waals surface area contributed by atoms with Crippen LogP contribution < -0.4 is 0 Å². The lowest BCUT2D eigenvalue weighted by molar-refractivity contribution is 0.0979. The first kappa shape index (κ1) is 11.4. The van der Waals surface area contributed by atoms with Crippen LogP contribution in [0.1, 0.15) is 36.0 Å². The lowest BCUT2D eigenvalue weighted by Gasteiger charge is -1.99. The predicted octanol–water partition coefficient (Wildman–Crippen LogP) is 3.09. The molecule has 0 radical (unpaired) electrons. The monoisotopic (exact) mass is 205 g/mol. The van der Waals surface area contributed by atoms with Crippen molar-refractivity contribution in [1.29, 1.82) is 5.26 Å². The van der Waals surface area contributed by atoms with Crippen molar-refractivity contribution in [2.24, 2.45) is 0 Å². The minimum absolute atomic E-state index is 0.00735. The molecule has 0 saturated heterocycles. The largest absolute Gasteiger partial charge is 0.294 e. The third-order valence-corrected chi connectivity index (χ3v) is 2.11. The Morgan fingerprint density at radius 1 is 1.27 bits per heavy atom. The highest BCUT2D eigenvalue weighted by atomic mass is 19.1. The van der Waals surface area contributed by atoms with E-state index in [-0.39, 0.29) is 11.6 Å². The number of rotatable bonds is 5. The first-order chi connectivity index (χ1) is 7.24. The summed E-state index contributed by atoms with van der Waals surface area (Å²) in [6, 6.07) is 7.56. The van der Waals surface area contributed by atoms with E-state index in [4.69, 9.17) is 5.26 Å². The lowest BCUT2D eigenvalue weighted by atomic mass is 10.1. The number of ketones is 1. The molecule has 0 aliphatic carbocycles. The quantitative estimate of drug-likeness (QED) is 0.547. The van der Waals surface area contributed by atoms with Gasteiger partial charge in [0, 0.05) is 18.4 Å². The molecule has 0 saturated carbocycles. The van der Waals surface area contributed by atoms with Gasteiger partial charge in [-0.15, -0.1) is 0 Å². The fourth-order valence-corrected chi connectivity index (χ4v) is 1.27. The van der Waals surface area contributed by atoms with E-state index < -0.39 is 0 Å². The second-order valence-corrected chi connectivity index (χ2v) is 3.30. The maximum absolute atomic E-state index is 12.6. The topological polar surface area (TPSA) is 40.9 Å². The van der Waals surface area contributed by atoms with Crippen molar-refractivity contribution in [2.75, 3.05) is 0 Å². The average molecular weight is 205 g/mol. The Hall–Kier alpha value is -1.69. The average Bonchev–Trinajstić information content (AvgIpc) is 2.25. The van der Waals surface area contributed by atoms with Gasteiger partial charge in [-0.25, -0.2) is 4.39 Å². The fourth-order valence-electron chi connectivity index (χ4n) is 1.27. The van der Waals surface area contributed by atoms with E-state index in [1.807, 2.05) is 6.07 Å². The summed E-state index contributed by atoms with van der Waals surface area (Å²) < 4.78 is 12.6. The molecule has 0 aromatic heterocycles. The van der Waals surface area contributed by atoms with E-state index in [1.54, 1.807) is 0 Å². The number of carbonyl (C=O) groups is 1. The first-order valence-electron chi connectivity index (χ1n) is 4.90. The van der Waals surface area contributed by atoms with Crippen LogP contribution in [0, 0.1) is 17.1 Å². The van der Waals surface area contributed by atoms with E-state index in [9.17, 15) is 9.18 Å². The molecule has 0 amide bonds. The molecule has 0 unspecified atom stereocenters. The Morgan fingerprint density at radius 3 is 2.53 bits per heavy atom. The van der Waals surface area contributed by atoms with Gasteiger partial charge in [0.15, 0.2) is 5.78 Å². The minimum Gasteiger partial charge on any atom is -0.294 e. The molecule has 3 heteroatoms. The second-order valence-electron chi connectivity index (χ2n) is 3.30. The maximum Gasteiger partial charge on any atom is 0.162 e. The van der Waals surface area contributed by atoms with Gasteiger partial charge in [0.05, 0.1) is 6.07 Å². The smallest absolute Gasteiger partial charge is 0.162 e. The number of halogens is 1. The third kappa shape index (κ3) is 3.90. The van der Waals surface area contributed by atoms with E-state index in [0.29, 0.717) is 24.8 Å². The molecule has 0 heterocycles. The van der Waals surface area contributed by atoms with Gasteiger partial charge in [-0.2, -0.15) is 5.26 Å². The van der Waals surface area contributed by atoms with Crippen molar-refractivity contribution in [1.82, 2.24) is 0 Å². The second kappa shape index (κ2) is 5.92. The van der Waals surface area contributed by atoms with Crippen LogP contribution in [-0.2, 0) is 0 Å². The van der Waals surface area contributed by atoms with Gasteiger partial charge in [-0.1, -0.05) is 0 Å². The Morgan fingerprint density at radius 2 is 1.93 bits per heavy atom. The standard InChI is InChI=1S/C12H12FNO/c13-11-7-5-10(6-8-11)12(15)4-2-1-3-9-14/h5-8H,1-4H2. The van der Waals surface area contributed by atoms with E-state index in [1.165, 1.54) is 24.3 Å². The SMILES string of the molecule is N#CCCCCC(=O)c1ccc(F)cc1. The molecule has 0 N–H and O–H groups in total. The van der Waals surface area contributed by atoms with Gasteiger partial charge in [0.2, 0.25) is 0 Å². The summed E-state index contributed by atoms with van der Waals surface area (Å²) in [6.45, 7) is 0. The number of benzene rings is 1. The molecule has 0 bridgehead atoms. The third-order valence-electron chi connectivity index (χ3n) is 2.11. The molecule has 2 nitrogen and oxygen atoms in total. The molecule has 0 atom stereocenters. The molecule has 1 rings (SSSR count). The van der Waals surface area contributed by atoms with Gasteiger partial charge in [0.1, 0.15) is 5.82 Å². The number of hydrogen-bond donors (Lipinski definition) is 0.